The molecule has 0 aromatic heterocycles. The average Bonchev–Trinajstić information content (AvgIpc) is 0.844. The predicted molar refractivity (Wildman–Crippen MR) is 379 cm³/mol. The Bertz CT molecular complexity index is 2520. The number of cyclic esters (lactones) is 2. The topological polar surface area (TPSA) is 309 Å². The molecule has 570 valence electrons. The number of fused-ring (bicyclic) bond motifs is 4. The molecule has 5 aliphatic rings. The molecule has 0 spiro atoms. The lowest BCUT2D eigenvalue weighted by Crippen LogP contribution is -2.47. The summed E-state index contributed by atoms with van der Waals surface area (Å²) >= 11 is 0. The van der Waals surface area contributed by atoms with Crippen molar-refractivity contribution in [2.45, 2.75) is 333 Å². The van der Waals surface area contributed by atoms with Gasteiger partial charge in [-0.15, -0.1) is 0 Å². The second-order valence-electron chi connectivity index (χ2n) is 30.5. The zero-order chi connectivity index (χ0) is 73.4. The smallest absolute Gasteiger partial charge is 0.331 e. The number of hydrogen-bond donors (Lipinski definition) is 9. The maximum atomic E-state index is 13.9. The molecule has 9 N–H and O–H groups in total. The third-order valence-corrected chi connectivity index (χ3v) is 22.3. The number of aliphatic hydroxyl groups is 9. The third-order valence-electron chi connectivity index (χ3n) is 22.3. The Hall–Kier alpha value is -3.30. The molecule has 2 saturated heterocycles. The number of allylic oxidation sites excluding steroid dienone is 4. The van der Waals surface area contributed by atoms with E-state index in [9.17, 15) is 55.5 Å². The van der Waals surface area contributed by atoms with Crippen LogP contribution in [0.3, 0.4) is 0 Å². The van der Waals surface area contributed by atoms with E-state index in [0.29, 0.717) is 62.5 Å². The van der Waals surface area contributed by atoms with Crippen LogP contribution >= 0.6 is 0 Å². The zero-order valence-corrected chi connectivity index (χ0v) is 62.6. The molecule has 5 heterocycles. The summed E-state index contributed by atoms with van der Waals surface area (Å²) in [5.41, 5.74) is 1.35. The van der Waals surface area contributed by atoms with Gasteiger partial charge in [0.15, 0.2) is 0 Å². The van der Waals surface area contributed by atoms with Crippen molar-refractivity contribution >= 4 is 11.9 Å². The van der Waals surface area contributed by atoms with Gasteiger partial charge in [-0.25, -0.2) is 9.59 Å². The molecule has 0 amide bonds. The highest BCUT2D eigenvalue weighted by atomic mass is 16.6. The number of aliphatic hydroxyl groups excluding tert-OH is 9. The first-order valence-corrected chi connectivity index (χ1v) is 37.1. The van der Waals surface area contributed by atoms with Crippen LogP contribution in [0.5, 0.6) is 0 Å². The van der Waals surface area contributed by atoms with Crippen molar-refractivity contribution in [2.24, 2.45) is 47.3 Å². The highest BCUT2D eigenvalue weighted by Crippen LogP contribution is 2.37. The second-order valence-corrected chi connectivity index (χ2v) is 30.5. The standard InChI is InChI=1S/C78H132O21/c1-44-23-28-56(79)36-58-20-18-22-61(97-58)40-71(93-16)51(8)66(82)43-68(84)53(10)78(55(12)76(89)47(4)33-69(85)72-41-64(91-14)35-49(6)95-72)99-74(87)32-26-45(2)24-29-57(80)37-59-19-17-21-60(96-59)39-70(92-15)50(7)65(81)42-67(83)52(9)77(98-73(86)31-25-44)54(11)75(88)46(3)27-30-62-38-63(90-13)34-48(5)94-62/h17-20,23-26,31-32,46-72,75-85,88-89H,21-22,27-30,33-43H2,1-16H3. The average molecular weight is 1410 g/mol. The normalized spacial score (nSPS) is 39.4. The van der Waals surface area contributed by atoms with Crippen LogP contribution in [0.15, 0.2) is 71.9 Å². The third kappa shape index (κ3) is 28.3. The van der Waals surface area contributed by atoms with Crippen molar-refractivity contribution < 1.29 is 103 Å². The van der Waals surface area contributed by atoms with E-state index < -0.39 is 151 Å². The van der Waals surface area contributed by atoms with Gasteiger partial charge in [-0.2, -0.15) is 0 Å². The summed E-state index contributed by atoms with van der Waals surface area (Å²) in [7, 11) is 6.48. The monoisotopic (exact) mass is 1400 g/mol. The summed E-state index contributed by atoms with van der Waals surface area (Å²) in [4.78, 5) is 27.8. The van der Waals surface area contributed by atoms with Crippen LogP contribution in [0.25, 0.3) is 0 Å². The van der Waals surface area contributed by atoms with Crippen LogP contribution in [-0.4, -0.2) is 227 Å². The van der Waals surface area contributed by atoms with E-state index in [1.807, 2.05) is 78.8 Å². The fourth-order valence-corrected chi connectivity index (χ4v) is 15.4. The van der Waals surface area contributed by atoms with E-state index in [-0.39, 0.29) is 93.6 Å². The lowest BCUT2D eigenvalue weighted by molar-refractivity contribution is -0.160. The van der Waals surface area contributed by atoms with Crippen LogP contribution in [0, 0.1) is 47.3 Å². The molecule has 0 saturated carbocycles. The number of carbonyl (C=O) groups is 2. The molecule has 5 aliphatic heterocycles. The van der Waals surface area contributed by atoms with Gasteiger partial charge in [0, 0.05) is 108 Å². The molecule has 31 unspecified atom stereocenters. The molecule has 5 rings (SSSR count). The Kier molecular flexibility index (Phi) is 37.7. The van der Waals surface area contributed by atoms with E-state index in [0.717, 1.165) is 12.8 Å². The number of ether oxygens (including phenoxy) is 10. The first-order chi connectivity index (χ1) is 46.8. The van der Waals surface area contributed by atoms with E-state index in [1.165, 1.54) is 12.2 Å². The van der Waals surface area contributed by atoms with Gasteiger partial charge in [0.05, 0.1) is 128 Å². The van der Waals surface area contributed by atoms with Gasteiger partial charge >= 0.3 is 11.9 Å². The molecule has 0 aliphatic carbocycles. The van der Waals surface area contributed by atoms with Crippen LogP contribution in [0.4, 0.5) is 0 Å². The fourth-order valence-electron chi connectivity index (χ4n) is 15.4. The van der Waals surface area contributed by atoms with Gasteiger partial charge in [0.2, 0.25) is 0 Å². The molecule has 0 aromatic carbocycles. The van der Waals surface area contributed by atoms with Gasteiger partial charge < -0.3 is 93.3 Å². The lowest BCUT2D eigenvalue weighted by Gasteiger charge is -2.39. The number of hydrogen-bond acceptors (Lipinski definition) is 21. The fraction of sp³-hybridized carbons (Fsp3) is 0.821. The van der Waals surface area contributed by atoms with Gasteiger partial charge in [-0.05, 0) is 117 Å². The van der Waals surface area contributed by atoms with Crippen molar-refractivity contribution in [1.29, 1.82) is 0 Å². The summed E-state index contributed by atoms with van der Waals surface area (Å²) < 4.78 is 61.1. The minimum atomic E-state index is -1.22. The molecule has 4 bridgehead atoms. The molecular weight excluding hydrogens is 1270 g/mol. The van der Waals surface area contributed by atoms with Crippen molar-refractivity contribution in [2.75, 3.05) is 28.4 Å². The van der Waals surface area contributed by atoms with Crippen molar-refractivity contribution in [3.05, 3.63) is 71.9 Å². The Morgan fingerprint density at radius 1 is 0.475 bits per heavy atom. The molecule has 0 aromatic rings. The Morgan fingerprint density at radius 2 is 0.889 bits per heavy atom. The molecule has 2 fully saturated rings. The SMILES string of the molecule is COC1CC(C)OC(CCC(C)C(O)C(C)C2OC(=O)C=CC(C)=CCC(O)CC3C=CCC(CC(OC)C(C)C(O)CC(O)C(C)C(C(C)C(O)C(C)CC(O)C4CC(OC)CC(C)O4)OC(=O)C=CC(C)=CCC(O)CC4C=CCC(CC(OC)C(C)C(O)CC(O)C2C)O4)O3)C1. The summed E-state index contributed by atoms with van der Waals surface area (Å²) in [5, 5.41) is 106. The Balaban J connectivity index is 1.37. The van der Waals surface area contributed by atoms with Crippen LogP contribution in [0.2, 0.25) is 0 Å². The minimum absolute atomic E-state index is 0.0334. The first kappa shape index (κ1) is 86.3. The molecule has 0 radical (unpaired) electrons. The molecular formula is C78H132O21. The van der Waals surface area contributed by atoms with Crippen molar-refractivity contribution in [1.82, 2.24) is 0 Å². The molecule has 21 heteroatoms. The summed E-state index contributed by atoms with van der Waals surface area (Å²) in [6.45, 7) is 22.1. The quantitative estimate of drug-likeness (QED) is 0.0514. The molecule has 21 nitrogen and oxygen atoms in total. The van der Waals surface area contributed by atoms with Gasteiger partial charge in [-0.3, -0.25) is 0 Å². The molecule has 99 heavy (non-hydrogen) atoms. The van der Waals surface area contributed by atoms with Crippen molar-refractivity contribution in [3.8, 4) is 0 Å². The maximum absolute atomic E-state index is 13.9. The highest BCUT2D eigenvalue weighted by molar-refractivity contribution is 5.83. The summed E-state index contributed by atoms with van der Waals surface area (Å²) in [6.07, 6.45) is 9.95. The zero-order valence-electron chi connectivity index (χ0n) is 62.6. The second kappa shape index (κ2) is 43.2. The van der Waals surface area contributed by atoms with E-state index in [2.05, 4.69) is 0 Å². The van der Waals surface area contributed by atoms with E-state index in [4.69, 9.17) is 47.4 Å². The van der Waals surface area contributed by atoms with Crippen LogP contribution in [0.1, 0.15) is 192 Å². The number of rotatable bonds is 16. The number of esters is 2. The van der Waals surface area contributed by atoms with E-state index in [1.54, 1.807) is 81.3 Å². The van der Waals surface area contributed by atoms with Crippen LogP contribution < -0.4 is 0 Å². The van der Waals surface area contributed by atoms with E-state index >= 15 is 0 Å². The predicted octanol–water partition coefficient (Wildman–Crippen LogP) is 9.08. The lowest BCUT2D eigenvalue weighted by atomic mass is 9.78. The number of carbonyl (C=O) groups excluding carboxylic acids is 2. The number of methoxy groups -OCH3 is 4. The Morgan fingerprint density at radius 3 is 1.32 bits per heavy atom. The minimum Gasteiger partial charge on any atom is -0.458 e. The first-order valence-electron chi connectivity index (χ1n) is 37.1. The molecule has 31 atom stereocenters. The maximum Gasteiger partial charge on any atom is 0.331 e. The summed E-state index contributed by atoms with van der Waals surface area (Å²) in [5.74, 6) is -6.08. The van der Waals surface area contributed by atoms with Gasteiger partial charge in [0.1, 0.15) is 12.2 Å². The highest BCUT2D eigenvalue weighted by Gasteiger charge is 2.43. The summed E-state index contributed by atoms with van der Waals surface area (Å²) in [6, 6.07) is 0. The Labute approximate surface area is 592 Å². The largest absolute Gasteiger partial charge is 0.458 e. The van der Waals surface area contributed by atoms with Gasteiger partial charge in [-0.1, -0.05) is 115 Å². The van der Waals surface area contributed by atoms with Gasteiger partial charge in [0.25, 0.3) is 0 Å². The van der Waals surface area contributed by atoms with Crippen LogP contribution in [-0.2, 0) is 57.0 Å². The van der Waals surface area contributed by atoms with Crippen molar-refractivity contribution in [3.63, 3.8) is 0 Å².